The molecular formula is C14H8ClF3O2. The molecule has 0 N–H and O–H groups in total. The van der Waals surface area contributed by atoms with Gasteiger partial charge in [0.15, 0.2) is 0 Å². The molecule has 2 rings (SSSR count). The fraction of sp³-hybridized carbons (Fsp3) is 0.0714. The van der Waals surface area contributed by atoms with Crippen molar-refractivity contribution in [3.05, 3.63) is 53.1 Å². The average Bonchev–Trinajstić information content (AvgIpc) is 2.37. The van der Waals surface area contributed by atoms with Crippen LogP contribution in [0.4, 0.5) is 13.2 Å². The maximum atomic E-state index is 12.2. The van der Waals surface area contributed by atoms with E-state index in [0.717, 1.165) is 0 Å². The number of benzene rings is 2. The van der Waals surface area contributed by atoms with Crippen molar-refractivity contribution in [1.29, 1.82) is 0 Å². The fourth-order valence-electron chi connectivity index (χ4n) is 1.70. The predicted octanol–water partition coefficient (Wildman–Crippen LogP) is 4.72. The molecule has 20 heavy (non-hydrogen) atoms. The Morgan fingerprint density at radius 3 is 2.50 bits per heavy atom. The molecule has 0 aliphatic rings. The Morgan fingerprint density at radius 1 is 1.10 bits per heavy atom. The summed E-state index contributed by atoms with van der Waals surface area (Å²) in [5.41, 5.74) is 1.27. The molecule has 0 fully saturated rings. The lowest BCUT2D eigenvalue weighted by atomic mass is 10.0. The molecule has 0 aliphatic heterocycles. The summed E-state index contributed by atoms with van der Waals surface area (Å²) in [6.45, 7) is 0. The van der Waals surface area contributed by atoms with E-state index >= 15 is 0 Å². The Balaban J connectivity index is 2.43. The van der Waals surface area contributed by atoms with Crippen molar-refractivity contribution >= 4 is 17.9 Å². The van der Waals surface area contributed by atoms with Crippen LogP contribution in [0.2, 0.25) is 5.02 Å². The first kappa shape index (κ1) is 14.4. The van der Waals surface area contributed by atoms with Crippen molar-refractivity contribution in [1.82, 2.24) is 0 Å². The van der Waals surface area contributed by atoms with E-state index in [2.05, 4.69) is 4.74 Å². The van der Waals surface area contributed by atoms with E-state index in [0.29, 0.717) is 28.0 Å². The maximum absolute atomic E-state index is 12.2. The van der Waals surface area contributed by atoms with Crippen molar-refractivity contribution in [2.45, 2.75) is 6.36 Å². The molecule has 0 saturated heterocycles. The fourth-order valence-corrected chi connectivity index (χ4v) is 1.92. The molecule has 2 aromatic carbocycles. The second-order valence-electron chi connectivity index (χ2n) is 3.93. The van der Waals surface area contributed by atoms with Crippen LogP contribution in [0.3, 0.4) is 0 Å². The van der Waals surface area contributed by atoms with Gasteiger partial charge in [-0.25, -0.2) is 0 Å². The van der Waals surface area contributed by atoms with E-state index in [-0.39, 0.29) is 5.75 Å². The zero-order chi connectivity index (χ0) is 14.8. The summed E-state index contributed by atoms with van der Waals surface area (Å²) in [7, 11) is 0. The Morgan fingerprint density at radius 2 is 1.85 bits per heavy atom. The smallest absolute Gasteiger partial charge is 0.406 e. The van der Waals surface area contributed by atoms with Crippen molar-refractivity contribution in [3.63, 3.8) is 0 Å². The lowest BCUT2D eigenvalue weighted by Gasteiger charge is -2.11. The molecule has 0 aromatic heterocycles. The lowest BCUT2D eigenvalue weighted by molar-refractivity contribution is -0.274. The molecule has 0 unspecified atom stereocenters. The second-order valence-corrected chi connectivity index (χ2v) is 4.34. The van der Waals surface area contributed by atoms with Crippen LogP contribution in [0.25, 0.3) is 11.1 Å². The summed E-state index contributed by atoms with van der Waals surface area (Å²) in [6.07, 6.45) is -4.12. The minimum Gasteiger partial charge on any atom is -0.406 e. The molecule has 0 amide bonds. The van der Waals surface area contributed by atoms with E-state index in [1.54, 1.807) is 6.07 Å². The van der Waals surface area contributed by atoms with Crippen LogP contribution in [0.15, 0.2) is 42.5 Å². The predicted molar refractivity (Wildman–Crippen MR) is 69.0 cm³/mol. The van der Waals surface area contributed by atoms with Crippen LogP contribution >= 0.6 is 11.6 Å². The first-order chi connectivity index (χ1) is 9.39. The van der Waals surface area contributed by atoms with Crippen LogP contribution in [-0.2, 0) is 0 Å². The van der Waals surface area contributed by atoms with Crippen LogP contribution < -0.4 is 4.74 Å². The van der Waals surface area contributed by atoms with Gasteiger partial charge in [0.1, 0.15) is 12.0 Å². The van der Waals surface area contributed by atoms with Crippen LogP contribution in [0, 0.1) is 0 Å². The molecule has 0 saturated carbocycles. The third kappa shape index (κ3) is 3.51. The maximum Gasteiger partial charge on any atom is 0.573 e. The Bertz CT molecular complexity index is 639. The molecule has 2 aromatic rings. The molecule has 2 nitrogen and oxygen atoms in total. The first-order valence-corrected chi connectivity index (χ1v) is 5.88. The molecular weight excluding hydrogens is 293 g/mol. The molecule has 0 radical (unpaired) electrons. The van der Waals surface area contributed by atoms with Gasteiger partial charge < -0.3 is 4.74 Å². The molecule has 6 heteroatoms. The summed E-state index contributed by atoms with van der Waals surface area (Å²) < 4.78 is 40.4. The molecule has 104 valence electrons. The van der Waals surface area contributed by atoms with Crippen molar-refractivity contribution in [2.24, 2.45) is 0 Å². The highest BCUT2D eigenvalue weighted by molar-refractivity contribution is 6.33. The Labute approximate surface area is 117 Å². The van der Waals surface area contributed by atoms with Gasteiger partial charge in [0.05, 0.1) is 0 Å². The topological polar surface area (TPSA) is 26.3 Å². The number of carbonyl (C=O) groups is 1. The number of hydrogen-bond acceptors (Lipinski definition) is 2. The monoisotopic (exact) mass is 300 g/mol. The van der Waals surface area contributed by atoms with Gasteiger partial charge in [0.25, 0.3) is 0 Å². The number of aldehydes is 1. The number of alkyl halides is 3. The third-order valence-corrected chi connectivity index (χ3v) is 2.83. The van der Waals surface area contributed by atoms with Gasteiger partial charge >= 0.3 is 6.36 Å². The highest BCUT2D eigenvalue weighted by Crippen LogP contribution is 2.32. The van der Waals surface area contributed by atoms with Gasteiger partial charge in [0, 0.05) is 16.1 Å². The first-order valence-electron chi connectivity index (χ1n) is 5.50. The van der Waals surface area contributed by atoms with E-state index in [1.807, 2.05) is 0 Å². The highest BCUT2D eigenvalue weighted by atomic mass is 35.5. The SMILES string of the molecule is O=Cc1ccc(Cl)c(-c2cccc(OC(F)(F)F)c2)c1. The largest absolute Gasteiger partial charge is 0.573 e. The number of halogens is 4. The van der Waals surface area contributed by atoms with Gasteiger partial charge in [0.2, 0.25) is 0 Å². The second kappa shape index (κ2) is 5.54. The Hall–Kier alpha value is -2.01. The normalized spacial score (nSPS) is 11.2. The standard InChI is InChI=1S/C14H8ClF3O2/c15-13-5-4-9(8-19)6-12(13)10-2-1-3-11(7-10)20-14(16,17)18/h1-8H. The zero-order valence-corrected chi connectivity index (χ0v) is 10.7. The molecule has 0 spiro atoms. The summed E-state index contributed by atoms with van der Waals surface area (Å²) >= 11 is 5.99. The number of ether oxygens (including phenoxy) is 1. The minimum atomic E-state index is -4.76. The number of carbonyl (C=O) groups excluding carboxylic acids is 1. The van der Waals surface area contributed by atoms with Gasteiger partial charge in [-0.05, 0) is 29.8 Å². The summed E-state index contributed by atoms with van der Waals surface area (Å²) in [5.74, 6) is -0.345. The van der Waals surface area contributed by atoms with E-state index in [1.165, 1.54) is 36.4 Å². The van der Waals surface area contributed by atoms with E-state index in [9.17, 15) is 18.0 Å². The van der Waals surface area contributed by atoms with Crippen LogP contribution in [-0.4, -0.2) is 12.6 Å². The molecule has 0 aliphatic carbocycles. The van der Waals surface area contributed by atoms with Gasteiger partial charge in [-0.15, -0.1) is 13.2 Å². The van der Waals surface area contributed by atoms with Crippen molar-refractivity contribution < 1.29 is 22.7 Å². The summed E-state index contributed by atoms with van der Waals surface area (Å²) in [4.78, 5) is 10.7. The van der Waals surface area contributed by atoms with Gasteiger partial charge in [-0.2, -0.15) is 0 Å². The van der Waals surface area contributed by atoms with Crippen LogP contribution in [0.5, 0.6) is 5.75 Å². The van der Waals surface area contributed by atoms with E-state index < -0.39 is 6.36 Å². The number of rotatable bonds is 3. The quantitative estimate of drug-likeness (QED) is 0.767. The summed E-state index contributed by atoms with van der Waals surface area (Å²) in [6, 6.07) is 9.94. The lowest BCUT2D eigenvalue weighted by Crippen LogP contribution is -2.17. The van der Waals surface area contributed by atoms with Crippen LogP contribution in [0.1, 0.15) is 10.4 Å². The molecule has 0 heterocycles. The zero-order valence-electron chi connectivity index (χ0n) is 9.95. The van der Waals surface area contributed by atoms with Crippen molar-refractivity contribution in [3.8, 4) is 16.9 Å². The third-order valence-electron chi connectivity index (χ3n) is 2.51. The summed E-state index contributed by atoms with van der Waals surface area (Å²) in [5, 5.41) is 0.333. The molecule has 0 atom stereocenters. The number of hydrogen-bond donors (Lipinski definition) is 0. The Kier molecular flexibility index (Phi) is 3.99. The molecule has 0 bridgehead atoms. The average molecular weight is 301 g/mol. The van der Waals surface area contributed by atoms with Crippen molar-refractivity contribution in [2.75, 3.05) is 0 Å². The highest BCUT2D eigenvalue weighted by Gasteiger charge is 2.31. The van der Waals surface area contributed by atoms with Gasteiger partial charge in [-0.3, -0.25) is 4.79 Å². The van der Waals surface area contributed by atoms with Gasteiger partial charge in [-0.1, -0.05) is 29.8 Å². The van der Waals surface area contributed by atoms with E-state index in [4.69, 9.17) is 11.6 Å². The minimum absolute atomic E-state index is 0.333.